The molecule has 1 aromatic heterocycles. The van der Waals surface area contributed by atoms with Gasteiger partial charge in [-0.3, -0.25) is 4.79 Å². The average molecular weight is 523 g/mol. The number of benzene rings is 2. The van der Waals surface area contributed by atoms with E-state index in [0.717, 1.165) is 43.1 Å². The molecule has 0 radical (unpaired) electrons. The molecule has 0 aliphatic carbocycles. The van der Waals surface area contributed by atoms with Crippen LogP contribution < -0.4 is 5.32 Å². The van der Waals surface area contributed by atoms with Gasteiger partial charge in [0.2, 0.25) is 5.91 Å². The summed E-state index contributed by atoms with van der Waals surface area (Å²) in [6, 6.07) is 20.6. The van der Waals surface area contributed by atoms with Crippen molar-refractivity contribution in [2.75, 3.05) is 44.6 Å². The highest BCUT2D eigenvalue weighted by Crippen LogP contribution is 2.16. The van der Waals surface area contributed by atoms with Crippen LogP contribution in [-0.4, -0.2) is 65.9 Å². The van der Waals surface area contributed by atoms with E-state index in [4.69, 9.17) is 16.0 Å². The van der Waals surface area contributed by atoms with Gasteiger partial charge in [-0.1, -0.05) is 48.0 Å². The maximum absolute atomic E-state index is 13.6. The summed E-state index contributed by atoms with van der Waals surface area (Å²) in [5.74, 6) is 1.41. The van der Waals surface area contributed by atoms with Gasteiger partial charge in [-0.2, -0.15) is 0 Å². The van der Waals surface area contributed by atoms with Gasteiger partial charge in [0.15, 0.2) is 0 Å². The Balaban J connectivity index is 1.47. The van der Waals surface area contributed by atoms with E-state index in [2.05, 4.69) is 22.3 Å². The maximum atomic E-state index is 13.6. The number of urea groups is 1. The number of carbonyl (C=O) groups is 2. The summed E-state index contributed by atoms with van der Waals surface area (Å²) >= 11 is 6.10. The molecule has 3 amide bonds. The Kier molecular flexibility index (Phi) is 9.63. The predicted octanol–water partition coefficient (Wildman–Crippen LogP) is 5.44. The zero-order valence-electron chi connectivity index (χ0n) is 21.4. The zero-order valence-corrected chi connectivity index (χ0v) is 22.1. The molecule has 2 aromatic carbocycles. The fourth-order valence-corrected chi connectivity index (χ4v) is 4.70. The first-order valence-corrected chi connectivity index (χ1v) is 13.2. The first-order chi connectivity index (χ1) is 18.0. The summed E-state index contributed by atoms with van der Waals surface area (Å²) in [5, 5.41) is 3.45. The standard InChI is InChI=1S/C29H35ClN4O3/c1-23-12-13-27(37-23)21-33(17-14-24-8-3-2-4-9-24)28(35)22-34(19-18-32-15-5-6-16-32)29(36)31-26-11-7-10-25(30)20-26/h2-4,7-13,20H,5-6,14-19,21-22H2,1H3,(H,31,36). The van der Waals surface area contributed by atoms with E-state index in [-0.39, 0.29) is 18.5 Å². The Bertz CT molecular complexity index is 1160. The molecule has 1 aliphatic rings. The average Bonchev–Trinajstić information content (AvgIpc) is 3.56. The molecule has 1 fully saturated rings. The maximum Gasteiger partial charge on any atom is 0.322 e. The van der Waals surface area contributed by atoms with Crippen LogP contribution in [0.3, 0.4) is 0 Å². The smallest absolute Gasteiger partial charge is 0.322 e. The highest BCUT2D eigenvalue weighted by atomic mass is 35.5. The number of amides is 3. The van der Waals surface area contributed by atoms with E-state index in [1.807, 2.05) is 37.3 Å². The van der Waals surface area contributed by atoms with Gasteiger partial charge in [0, 0.05) is 30.3 Å². The molecule has 0 saturated carbocycles. The second kappa shape index (κ2) is 13.3. The van der Waals surface area contributed by atoms with Gasteiger partial charge in [0.05, 0.1) is 6.54 Å². The summed E-state index contributed by atoms with van der Waals surface area (Å²) in [4.78, 5) is 32.6. The fraction of sp³-hybridized carbons (Fsp3) is 0.379. The van der Waals surface area contributed by atoms with Crippen molar-refractivity contribution in [3.05, 3.63) is 88.8 Å². The van der Waals surface area contributed by atoms with Gasteiger partial charge >= 0.3 is 6.03 Å². The van der Waals surface area contributed by atoms with E-state index < -0.39 is 0 Å². The number of aryl methyl sites for hydroxylation is 1. The fourth-order valence-electron chi connectivity index (χ4n) is 4.51. The number of rotatable bonds is 11. The molecule has 1 N–H and O–H groups in total. The van der Waals surface area contributed by atoms with E-state index >= 15 is 0 Å². The molecule has 1 aliphatic heterocycles. The Morgan fingerprint density at radius 3 is 2.46 bits per heavy atom. The SMILES string of the molecule is Cc1ccc(CN(CCc2ccccc2)C(=O)CN(CCN2CCCC2)C(=O)Nc2cccc(Cl)c2)o1. The molecule has 4 rings (SSSR count). The molecule has 0 bridgehead atoms. The van der Waals surface area contributed by atoms with E-state index in [1.165, 1.54) is 12.8 Å². The molecule has 0 atom stereocenters. The lowest BCUT2D eigenvalue weighted by Gasteiger charge is -2.29. The number of anilines is 1. The third-order valence-electron chi connectivity index (χ3n) is 6.58. The van der Waals surface area contributed by atoms with Crippen LogP contribution in [-0.2, 0) is 17.8 Å². The van der Waals surface area contributed by atoms with Crippen LogP contribution in [0.2, 0.25) is 5.02 Å². The van der Waals surface area contributed by atoms with Crippen molar-refractivity contribution < 1.29 is 14.0 Å². The summed E-state index contributed by atoms with van der Waals surface area (Å²) in [5.41, 5.74) is 1.75. The van der Waals surface area contributed by atoms with Crippen LogP contribution in [0.1, 0.15) is 29.9 Å². The third kappa shape index (κ3) is 8.37. The molecular weight excluding hydrogens is 488 g/mol. The summed E-state index contributed by atoms with van der Waals surface area (Å²) in [6.07, 6.45) is 3.06. The van der Waals surface area contributed by atoms with Crippen LogP contribution in [0, 0.1) is 6.92 Å². The number of nitrogens with zero attached hydrogens (tertiary/aromatic N) is 3. The van der Waals surface area contributed by atoms with Gasteiger partial charge in [0.25, 0.3) is 0 Å². The number of halogens is 1. The molecule has 3 aromatic rings. The number of carbonyl (C=O) groups excluding carboxylic acids is 2. The molecule has 2 heterocycles. The van der Waals surface area contributed by atoms with Gasteiger partial charge in [-0.25, -0.2) is 4.79 Å². The van der Waals surface area contributed by atoms with Crippen LogP contribution >= 0.6 is 11.6 Å². The Morgan fingerprint density at radius 2 is 1.76 bits per heavy atom. The van der Waals surface area contributed by atoms with Crippen molar-refractivity contribution in [3.8, 4) is 0 Å². The Hall–Kier alpha value is -3.29. The van der Waals surface area contributed by atoms with Crippen molar-refractivity contribution >= 4 is 29.2 Å². The van der Waals surface area contributed by atoms with Crippen LogP contribution in [0.4, 0.5) is 10.5 Å². The number of likely N-dealkylation sites (tertiary alicyclic amines) is 1. The monoisotopic (exact) mass is 522 g/mol. The van der Waals surface area contributed by atoms with Gasteiger partial charge in [-0.05, 0) is 75.2 Å². The highest BCUT2D eigenvalue weighted by molar-refractivity contribution is 6.30. The first-order valence-electron chi connectivity index (χ1n) is 12.9. The number of nitrogens with one attached hydrogen (secondary N) is 1. The normalized spacial score (nSPS) is 13.5. The lowest BCUT2D eigenvalue weighted by molar-refractivity contribution is -0.132. The Morgan fingerprint density at radius 1 is 0.973 bits per heavy atom. The van der Waals surface area contributed by atoms with Crippen molar-refractivity contribution in [2.45, 2.75) is 32.7 Å². The van der Waals surface area contributed by atoms with Crippen molar-refractivity contribution in [2.24, 2.45) is 0 Å². The second-order valence-corrected chi connectivity index (χ2v) is 9.91. The van der Waals surface area contributed by atoms with Crippen molar-refractivity contribution in [3.63, 3.8) is 0 Å². The molecular formula is C29H35ClN4O3. The largest absolute Gasteiger partial charge is 0.464 e. The van der Waals surface area contributed by atoms with Crippen molar-refractivity contribution in [1.29, 1.82) is 0 Å². The minimum absolute atomic E-state index is 0.0191. The predicted molar refractivity (Wildman–Crippen MR) is 147 cm³/mol. The molecule has 7 nitrogen and oxygen atoms in total. The van der Waals surface area contributed by atoms with Crippen LogP contribution in [0.5, 0.6) is 0 Å². The number of hydrogen-bond acceptors (Lipinski definition) is 4. The molecule has 37 heavy (non-hydrogen) atoms. The third-order valence-corrected chi connectivity index (χ3v) is 6.82. The quantitative estimate of drug-likeness (QED) is 0.364. The van der Waals surface area contributed by atoms with Crippen LogP contribution in [0.15, 0.2) is 71.1 Å². The zero-order chi connectivity index (χ0) is 26.0. The van der Waals surface area contributed by atoms with Crippen molar-refractivity contribution in [1.82, 2.24) is 14.7 Å². The van der Waals surface area contributed by atoms with Gasteiger partial charge in [-0.15, -0.1) is 0 Å². The molecule has 1 saturated heterocycles. The molecule has 196 valence electrons. The first kappa shape index (κ1) is 26.8. The Labute approximate surface area is 224 Å². The van der Waals surface area contributed by atoms with Crippen LogP contribution in [0.25, 0.3) is 0 Å². The van der Waals surface area contributed by atoms with E-state index in [9.17, 15) is 9.59 Å². The minimum Gasteiger partial charge on any atom is -0.464 e. The minimum atomic E-state index is -0.313. The second-order valence-electron chi connectivity index (χ2n) is 9.47. The highest BCUT2D eigenvalue weighted by Gasteiger charge is 2.24. The molecule has 0 spiro atoms. The lowest BCUT2D eigenvalue weighted by Crippen LogP contribution is -2.47. The van der Waals surface area contributed by atoms with E-state index in [1.54, 1.807) is 34.1 Å². The van der Waals surface area contributed by atoms with Gasteiger partial charge < -0.3 is 24.4 Å². The summed E-state index contributed by atoms with van der Waals surface area (Å²) < 4.78 is 5.77. The summed E-state index contributed by atoms with van der Waals surface area (Å²) in [6.45, 7) is 6.00. The molecule has 8 heteroatoms. The number of hydrogen-bond donors (Lipinski definition) is 1. The van der Waals surface area contributed by atoms with Gasteiger partial charge in [0.1, 0.15) is 18.1 Å². The lowest BCUT2D eigenvalue weighted by atomic mass is 10.1. The summed E-state index contributed by atoms with van der Waals surface area (Å²) in [7, 11) is 0. The topological polar surface area (TPSA) is 69.0 Å². The number of furan rings is 1. The molecule has 0 unspecified atom stereocenters. The van der Waals surface area contributed by atoms with E-state index in [0.29, 0.717) is 30.3 Å².